The third-order valence-corrected chi connectivity index (χ3v) is 3.77. The minimum Gasteiger partial charge on any atom is -0.381 e. The fourth-order valence-electron chi connectivity index (χ4n) is 2.73. The van der Waals surface area contributed by atoms with E-state index in [-0.39, 0.29) is 0 Å². The van der Waals surface area contributed by atoms with Crippen LogP contribution < -0.4 is 5.32 Å². The predicted octanol–water partition coefficient (Wildman–Crippen LogP) is 0.725. The summed E-state index contributed by atoms with van der Waals surface area (Å²) < 4.78 is 11.0. The monoisotopic (exact) mass is 242 g/mol. The summed E-state index contributed by atoms with van der Waals surface area (Å²) in [6.45, 7) is 11.4. The molecule has 0 amide bonds. The molecule has 0 saturated carbocycles. The second-order valence-corrected chi connectivity index (χ2v) is 5.37. The van der Waals surface area contributed by atoms with E-state index in [4.69, 9.17) is 9.47 Å². The van der Waals surface area contributed by atoms with Crippen molar-refractivity contribution in [3.05, 3.63) is 0 Å². The quantitative estimate of drug-likeness (QED) is 0.696. The lowest BCUT2D eigenvalue weighted by Crippen LogP contribution is -2.48. The van der Waals surface area contributed by atoms with Crippen LogP contribution in [0.1, 0.15) is 19.8 Å². The topological polar surface area (TPSA) is 33.7 Å². The second kappa shape index (κ2) is 6.69. The van der Waals surface area contributed by atoms with Crippen molar-refractivity contribution in [2.45, 2.75) is 19.8 Å². The lowest BCUT2D eigenvalue weighted by molar-refractivity contribution is 0.0130. The van der Waals surface area contributed by atoms with Crippen molar-refractivity contribution in [3.63, 3.8) is 0 Å². The summed E-state index contributed by atoms with van der Waals surface area (Å²) in [5.41, 5.74) is 0.340. The molecule has 0 aliphatic carbocycles. The highest BCUT2D eigenvalue weighted by Gasteiger charge is 2.36. The van der Waals surface area contributed by atoms with Gasteiger partial charge in [0.05, 0.1) is 19.8 Å². The first kappa shape index (κ1) is 13.3. The number of hydrogen-bond donors (Lipinski definition) is 1. The number of morpholine rings is 1. The van der Waals surface area contributed by atoms with Crippen molar-refractivity contribution < 1.29 is 9.47 Å². The van der Waals surface area contributed by atoms with Gasteiger partial charge in [0.1, 0.15) is 0 Å². The molecule has 2 heterocycles. The summed E-state index contributed by atoms with van der Waals surface area (Å²) in [6.07, 6.45) is 2.40. The van der Waals surface area contributed by atoms with Gasteiger partial charge in [0, 0.05) is 38.2 Å². The Hall–Kier alpha value is -0.160. The van der Waals surface area contributed by atoms with Crippen LogP contribution >= 0.6 is 0 Å². The second-order valence-electron chi connectivity index (χ2n) is 5.37. The van der Waals surface area contributed by atoms with Crippen molar-refractivity contribution in [2.24, 2.45) is 5.41 Å². The highest BCUT2D eigenvalue weighted by atomic mass is 16.5. The number of hydrogen-bond acceptors (Lipinski definition) is 4. The standard InChI is InChI=1S/C13H26N2O2/c1-2-4-14-10-13(3-7-17-12-13)11-15-5-8-16-9-6-15/h14H,2-12H2,1H3. The smallest absolute Gasteiger partial charge is 0.0594 e. The summed E-state index contributed by atoms with van der Waals surface area (Å²) in [7, 11) is 0. The zero-order chi connectivity index (χ0) is 12.0. The minimum absolute atomic E-state index is 0.340. The summed E-state index contributed by atoms with van der Waals surface area (Å²) >= 11 is 0. The molecule has 1 N–H and O–H groups in total. The molecule has 0 radical (unpaired) electrons. The first-order chi connectivity index (χ1) is 8.35. The average molecular weight is 242 g/mol. The van der Waals surface area contributed by atoms with E-state index in [0.29, 0.717) is 5.41 Å². The van der Waals surface area contributed by atoms with Crippen molar-refractivity contribution in [1.29, 1.82) is 0 Å². The summed E-state index contributed by atoms with van der Waals surface area (Å²) in [5.74, 6) is 0. The van der Waals surface area contributed by atoms with Crippen LogP contribution in [-0.4, -0.2) is 64.1 Å². The van der Waals surface area contributed by atoms with E-state index in [0.717, 1.165) is 59.2 Å². The largest absolute Gasteiger partial charge is 0.381 e. The Bertz CT molecular complexity index is 211. The van der Waals surface area contributed by atoms with Crippen LogP contribution in [0.2, 0.25) is 0 Å². The van der Waals surface area contributed by atoms with Gasteiger partial charge in [-0.25, -0.2) is 0 Å². The van der Waals surface area contributed by atoms with Gasteiger partial charge < -0.3 is 14.8 Å². The number of rotatable bonds is 6. The van der Waals surface area contributed by atoms with Gasteiger partial charge in [-0.1, -0.05) is 6.92 Å². The van der Waals surface area contributed by atoms with E-state index in [1.165, 1.54) is 12.8 Å². The maximum atomic E-state index is 5.63. The molecule has 2 saturated heterocycles. The molecule has 0 aromatic carbocycles. The fourth-order valence-corrected chi connectivity index (χ4v) is 2.73. The van der Waals surface area contributed by atoms with Gasteiger partial charge in [-0.3, -0.25) is 4.90 Å². The predicted molar refractivity (Wildman–Crippen MR) is 68.3 cm³/mol. The molecule has 0 aromatic rings. The molecule has 100 valence electrons. The van der Waals surface area contributed by atoms with Crippen molar-refractivity contribution in [3.8, 4) is 0 Å². The Labute approximate surface area is 105 Å². The molecule has 17 heavy (non-hydrogen) atoms. The average Bonchev–Trinajstić information content (AvgIpc) is 2.80. The molecular formula is C13H26N2O2. The molecule has 0 aromatic heterocycles. The van der Waals surface area contributed by atoms with Crippen LogP contribution in [0.5, 0.6) is 0 Å². The molecule has 0 spiro atoms. The van der Waals surface area contributed by atoms with Crippen LogP contribution in [0.15, 0.2) is 0 Å². The van der Waals surface area contributed by atoms with E-state index in [2.05, 4.69) is 17.1 Å². The molecule has 2 fully saturated rings. The number of ether oxygens (including phenoxy) is 2. The Kier molecular flexibility index (Phi) is 5.22. The first-order valence-electron chi connectivity index (χ1n) is 6.93. The van der Waals surface area contributed by atoms with E-state index in [9.17, 15) is 0 Å². The Morgan fingerprint density at radius 3 is 2.65 bits per heavy atom. The maximum Gasteiger partial charge on any atom is 0.0594 e. The molecule has 2 aliphatic heterocycles. The van der Waals surface area contributed by atoms with Gasteiger partial charge in [-0.2, -0.15) is 0 Å². The van der Waals surface area contributed by atoms with Gasteiger partial charge in [0.25, 0.3) is 0 Å². The van der Waals surface area contributed by atoms with Crippen LogP contribution in [0.3, 0.4) is 0 Å². The van der Waals surface area contributed by atoms with Gasteiger partial charge in [0.2, 0.25) is 0 Å². The normalized spacial score (nSPS) is 30.9. The molecular weight excluding hydrogens is 216 g/mol. The van der Waals surface area contributed by atoms with E-state index in [1.54, 1.807) is 0 Å². The third-order valence-electron chi connectivity index (χ3n) is 3.77. The molecule has 4 nitrogen and oxygen atoms in total. The lowest BCUT2D eigenvalue weighted by Gasteiger charge is -2.36. The SMILES string of the molecule is CCCNCC1(CN2CCOCC2)CCOC1. The van der Waals surface area contributed by atoms with Crippen LogP contribution in [0.4, 0.5) is 0 Å². The number of nitrogens with one attached hydrogen (secondary N) is 1. The van der Waals surface area contributed by atoms with Gasteiger partial charge in [-0.05, 0) is 19.4 Å². The molecule has 2 rings (SSSR count). The fraction of sp³-hybridized carbons (Fsp3) is 1.00. The van der Waals surface area contributed by atoms with E-state index < -0.39 is 0 Å². The maximum absolute atomic E-state index is 5.63. The molecule has 1 atom stereocenters. The highest BCUT2D eigenvalue weighted by molar-refractivity contribution is 4.89. The van der Waals surface area contributed by atoms with Gasteiger partial charge in [0.15, 0.2) is 0 Å². The molecule has 1 unspecified atom stereocenters. The van der Waals surface area contributed by atoms with Crippen molar-refractivity contribution in [1.82, 2.24) is 10.2 Å². The number of nitrogens with zero attached hydrogens (tertiary/aromatic N) is 1. The first-order valence-corrected chi connectivity index (χ1v) is 6.93. The summed E-state index contributed by atoms with van der Waals surface area (Å²) in [4.78, 5) is 2.53. The molecule has 2 aliphatic rings. The van der Waals surface area contributed by atoms with Crippen molar-refractivity contribution >= 4 is 0 Å². The van der Waals surface area contributed by atoms with Gasteiger partial charge >= 0.3 is 0 Å². The van der Waals surface area contributed by atoms with Crippen LogP contribution in [0.25, 0.3) is 0 Å². The van der Waals surface area contributed by atoms with E-state index in [1.807, 2.05) is 0 Å². The molecule has 4 heteroatoms. The molecule has 0 bridgehead atoms. The zero-order valence-electron chi connectivity index (χ0n) is 11.0. The van der Waals surface area contributed by atoms with Crippen LogP contribution in [0, 0.1) is 5.41 Å². The Morgan fingerprint density at radius 1 is 1.18 bits per heavy atom. The minimum atomic E-state index is 0.340. The lowest BCUT2D eigenvalue weighted by atomic mass is 9.86. The summed E-state index contributed by atoms with van der Waals surface area (Å²) in [6, 6.07) is 0. The van der Waals surface area contributed by atoms with Gasteiger partial charge in [-0.15, -0.1) is 0 Å². The summed E-state index contributed by atoms with van der Waals surface area (Å²) in [5, 5.41) is 3.57. The van der Waals surface area contributed by atoms with Crippen LogP contribution in [-0.2, 0) is 9.47 Å². The Balaban J connectivity index is 1.82. The highest BCUT2D eigenvalue weighted by Crippen LogP contribution is 2.29. The van der Waals surface area contributed by atoms with Crippen molar-refractivity contribution in [2.75, 3.05) is 59.2 Å². The zero-order valence-corrected chi connectivity index (χ0v) is 11.0. The van der Waals surface area contributed by atoms with E-state index >= 15 is 0 Å². The Morgan fingerprint density at radius 2 is 2.00 bits per heavy atom. The third kappa shape index (κ3) is 3.91.